The molecular formula is C12H19FN4. The van der Waals surface area contributed by atoms with Crippen LogP contribution in [-0.4, -0.2) is 24.5 Å². The first-order chi connectivity index (χ1) is 8.13. The van der Waals surface area contributed by atoms with E-state index in [2.05, 4.69) is 34.5 Å². The molecule has 0 unspecified atom stereocenters. The van der Waals surface area contributed by atoms with E-state index in [1.807, 2.05) is 0 Å². The molecule has 0 atom stereocenters. The molecular weight excluding hydrogens is 219 g/mol. The lowest BCUT2D eigenvalue weighted by molar-refractivity contribution is 0.587. The van der Waals surface area contributed by atoms with E-state index >= 15 is 0 Å². The van der Waals surface area contributed by atoms with Gasteiger partial charge >= 0.3 is 0 Å². The zero-order valence-corrected chi connectivity index (χ0v) is 10.5. The van der Waals surface area contributed by atoms with Gasteiger partial charge in [0, 0.05) is 19.8 Å². The van der Waals surface area contributed by atoms with Crippen LogP contribution in [0.1, 0.15) is 19.5 Å². The Balaban J connectivity index is 2.46. The molecule has 0 spiro atoms. The highest BCUT2D eigenvalue weighted by atomic mass is 19.1. The van der Waals surface area contributed by atoms with Crippen molar-refractivity contribution in [3.63, 3.8) is 0 Å². The van der Waals surface area contributed by atoms with Gasteiger partial charge in [-0.05, 0) is 18.1 Å². The van der Waals surface area contributed by atoms with Gasteiger partial charge in [0.25, 0.3) is 0 Å². The first-order valence-electron chi connectivity index (χ1n) is 5.67. The second-order valence-corrected chi connectivity index (χ2v) is 4.13. The van der Waals surface area contributed by atoms with Gasteiger partial charge in [0.1, 0.15) is 5.82 Å². The number of guanidine groups is 1. The van der Waals surface area contributed by atoms with E-state index in [1.54, 1.807) is 19.3 Å². The lowest BCUT2D eigenvalue weighted by atomic mass is 10.2. The molecule has 1 aromatic rings. The van der Waals surface area contributed by atoms with Crippen LogP contribution in [0.2, 0.25) is 0 Å². The fourth-order valence-electron chi connectivity index (χ4n) is 1.24. The van der Waals surface area contributed by atoms with E-state index in [0.717, 1.165) is 6.54 Å². The van der Waals surface area contributed by atoms with Crippen molar-refractivity contribution in [3.05, 3.63) is 29.8 Å². The van der Waals surface area contributed by atoms with Crippen LogP contribution >= 0.6 is 0 Å². The quantitative estimate of drug-likeness (QED) is 0.618. The minimum absolute atomic E-state index is 0.306. The summed E-state index contributed by atoms with van der Waals surface area (Å²) in [5, 5.41) is 6.17. The van der Waals surface area contributed by atoms with Crippen LogP contribution in [-0.2, 0) is 6.54 Å². The second-order valence-electron chi connectivity index (χ2n) is 4.13. The number of nitrogens with one attached hydrogen (secondary N) is 2. The average molecular weight is 238 g/mol. The van der Waals surface area contributed by atoms with Crippen LogP contribution in [0.3, 0.4) is 0 Å². The van der Waals surface area contributed by atoms with Crippen molar-refractivity contribution in [2.75, 3.05) is 13.6 Å². The van der Waals surface area contributed by atoms with Gasteiger partial charge in [-0.2, -0.15) is 0 Å². The first kappa shape index (κ1) is 13.4. The molecule has 0 saturated heterocycles. The lowest BCUT2D eigenvalue weighted by Gasteiger charge is -2.13. The SMILES string of the molecule is CN=C(NCc1ncccc1F)NCC(C)C. The molecule has 1 aromatic heterocycles. The molecule has 1 heterocycles. The monoisotopic (exact) mass is 238 g/mol. The molecule has 94 valence electrons. The highest BCUT2D eigenvalue weighted by Gasteiger charge is 2.04. The third-order valence-electron chi connectivity index (χ3n) is 2.16. The third kappa shape index (κ3) is 4.80. The zero-order chi connectivity index (χ0) is 12.7. The van der Waals surface area contributed by atoms with E-state index < -0.39 is 0 Å². The predicted octanol–water partition coefficient (Wildman–Crippen LogP) is 1.54. The Morgan fingerprint density at radius 3 is 2.82 bits per heavy atom. The van der Waals surface area contributed by atoms with Gasteiger partial charge in [-0.25, -0.2) is 4.39 Å². The number of halogens is 1. The summed E-state index contributed by atoms with van der Waals surface area (Å²) in [6, 6.07) is 2.97. The van der Waals surface area contributed by atoms with Crippen molar-refractivity contribution in [3.8, 4) is 0 Å². The molecule has 4 nitrogen and oxygen atoms in total. The minimum atomic E-state index is -0.306. The van der Waals surface area contributed by atoms with Crippen molar-refractivity contribution in [1.29, 1.82) is 0 Å². The molecule has 0 bridgehead atoms. The smallest absolute Gasteiger partial charge is 0.191 e. The fraction of sp³-hybridized carbons (Fsp3) is 0.500. The predicted molar refractivity (Wildman–Crippen MR) is 67.2 cm³/mol. The number of aliphatic imine (C=N–C) groups is 1. The number of rotatable bonds is 4. The van der Waals surface area contributed by atoms with Crippen LogP contribution in [0.5, 0.6) is 0 Å². The summed E-state index contributed by atoms with van der Waals surface area (Å²) < 4.78 is 13.3. The topological polar surface area (TPSA) is 49.3 Å². The van der Waals surface area contributed by atoms with Crippen molar-refractivity contribution in [2.24, 2.45) is 10.9 Å². The van der Waals surface area contributed by atoms with Gasteiger partial charge in [0.05, 0.1) is 12.2 Å². The summed E-state index contributed by atoms with van der Waals surface area (Å²) in [4.78, 5) is 8.01. The molecule has 0 aliphatic carbocycles. The Hall–Kier alpha value is -1.65. The summed E-state index contributed by atoms with van der Waals surface area (Å²) in [6.45, 7) is 5.37. The third-order valence-corrected chi connectivity index (χ3v) is 2.16. The molecule has 1 rings (SSSR count). The number of pyridine rings is 1. The highest BCUT2D eigenvalue weighted by molar-refractivity contribution is 5.79. The molecule has 0 fully saturated rings. The van der Waals surface area contributed by atoms with Crippen molar-refractivity contribution in [1.82, 2.24) is 15.6 Å². The number of nitrogens with zero attached hydrogens (tertiary/aromatic N) is 2. The van der Waals surface area contributed by atoms with Crippen molar-refractivity contribution < 1.29 is 4.39 Å². The zero-order valence-electron chi connectivity index (χ0n) is 10.5. The molecule has 5 heteroatoms. The first-order valence-corrected chi connectivity index (χ1v) is 5.67. The summed E-state index contributed by atoms with van der Waals surface area (Å²) in [6.07, 6.45) is 1.57. The highest BCUT2D eigenvalue weighted by Crippen LogP contribution is 2.01. The second kappa shape index (κ2) is 6.83. The molecule has 2 N–H and O–H groups in total. The van der Waals surface area contributed by atoms with Crippen LogP contribution in [0.15, 0.2) is 23.3 Å². The number of hydrogen-bond acceptors (Lipinski definition) is 2. The molecule has 0 aliphatic heterocycles. The minimum Gasteiger partial charge on any atom is -0.356 e. The summed E-state index contributed by atoms with van der Waals surface area (Å²) >= 11 is 0. The van der Waals surface area contributed by atoms with Crippen LogP contribution in [0, 0.1) is 11.7 Å². The van der Waals surface area contributed by atoms with E-state index in [4.69, 9.17) is 0 Å². The molecule has 17 heavy (non-hydrogen) atoms. The lowest BCUT2D eigenvalue weighted by Crippen LogP contribution is -2.38. The van der Waals surface area contributed by atoms with E-state index in [9.17, 15) is 4.39 Å². The van der Waals surface area contributed by atoms with Crippen LogP contribution in [0.25, 0.3) is 0 Å². The molecule has 0 saturated carbocycles. The van der Waals surface area contributed by atoms with E-state index in [-0.39, 0.29) is 5.82 Å². The van der Waals surface area contributed by atoms with E-state index in [1.165, 1.54) is 6.07 Å². The van der Waals surface area contributed by atoms with Crippen molar-refractivity contribution >= 4 is 5.96 Å². The van der Waals surface area contributed by atoms with Gasteiger partial charge in [-0.3, -0.25) is 9.98 Å². The van der Waals surface area contributed by atoms with Gasteiger partial charge in [0.15, 0.2) is 5.96 Å². The summed E-state index contributed by atoms with van der Waals surface area (Å²) in [5.74, 6) is 0.878. The van der Waals surface area contributed by atoms with E-state index in [0.29, 0.717) is 24.1 Å². The van der Waals surface area contributed by atoms with Gasteiger partial charge in [-0.1, -0.05) is 13.8 Å². The maximum Gasteiger partial charge on any atom is 0.191 e. The fourth-order valence-corrected chi connectivity index (χ4v) is 1.24. The Kier molecular flexibility index (Phi) is 5.39. The van der Waals surface area contributed by atoms with Crippen LogP contribution in [0.4, 0.5) is 4.39 Å². The number of aromatic nitrogens is 1. The maximum absolute atomic E-state index is 13.3. The Bertz CT molecular complexity index is 377. The van der Waals surface area contributed by atoms with Gasteiger partial charge in [0.2, 0.25) is 0 Å². The van der Waals surface area contributed by atoms with Gasteiger partial charge < -0.3 is 10.6 Å². The summed E-state index contributed by atoms with van der Waals surface area (Å²) in [5.41, 5.74) is 0.389. The number of hydrogen-bond donors (Lipinski definition) is 2. The molecule has 0 amide bonds. The maximum atomic E-state index is 13.3. The van der Waals surface area contributed by atoms with Crippen LogP contribution < -0.4 is 10.6 Å². The Labute approximate surface area is 101 Å². The normalized spacial score (nSPS) is 11.7. The molecule has 0 radical (unpaired) electrons. The Morgan fingerprint density at radius 2 is 2.24 bits per heavy atom. The van der Waals surface area contributed by atoms with Crippen molar-refractivity contribution in [2.45, 2.75) is 20.4 Å². The largest absolute Gasteiger partial charge is 0.356 e. The Morgan fingerprint density at radius 1 is 1.47 bits per heavy atom. The summed E-state index contributed by atoms with van der Waals surface area (Å²) in [7, 11) is 1.68. The molecule has 0 aromatic carbocycles. The standard InChI is InChI=1S/C12H19FN4/c1-9(2)7-16-12(14-3)17-8-11-10(13)5-4-6-15-11/h4-6,9H,7-8H2,1-3H3,(H2,14,16,17). The van der Waals surface area contributed by atoms with Gasteiger partial charge in [-0.15, -0.1) is 0 Å². The molecule has 0 aliphatic rings. The average Bonchev–Trinajstić information content (AvgIpc) is 2.31.